The molecular weight excluding hydrogens is 548 g/mol. The van der Waals surface area contributed by atoms with Gasteiger partial charge in [-0.15, -0.1) is 0 Å². The lowest BCUT2D eigenvalue weighted by Gasteiger charge is -2.48. The Labute approximate surface area is 256 Å². The number of carbonyl (C=O) groups excluding carboxylic acids is 2. The van der Waals surface area contributed by atoms with Crippen molar-refractivity contribution in [1.82, 2.24) is 0 Å². The second kappa shape index (κ2) is 14.3. The molecule has 2 aliphatic heterocycles. The Morgan fingerprint density at radius 3 is 1.42 bits per heavy atom. The average Bonchev–Trinajstić information content (AvgIpc) is 2.97. The van der Waals surface area contributed by atoms with Gasteiger partial charge in [0.25, 0.3) is 0 Å². The molecule has 236 valence electrons. The third-order valence-electron chi connectivity index (χ3n) is 8.05. The van der Waals surface area contributed by atoms with Crippen molar-refractivity contribution >= 4 is 11.9 Å². The first-order valence-electron chi connectivity index (χ1n) is 15.2. The molecule has 0 radical (unpaired) electrons. The molecule has 2 fully saturated rings. The van der Waals surface area contributed by atoms with Crippen molar-refractivity contribution in [3.63, 3.8) is 0 Å². The maximum Gasteiger partial charge on any atom is 0.306 e. The number of carbonyl (C=O) groups is 2. The van der Waals surface area contributed by atoms with Gasteiger partial charge in [0.05, 0.1) is 31.8 Å². The van der Waals surface area contributed by atoms with Crippen LogP contribution in [0.3, 0.4) is 0 Å². The fraction of sp³-hybridized carbons (Fsp3) is 0.600. The van der Waals surface area contributed by atoms with E-state index in [-0.39, 0.29) is 25.2 Å². The van der Waals surface area contributed by atoms with Crippen LogP contribution in [0.25, 0.3) is 0 Å². The summed E-state index contributed by atoms with van der Waals surface area (Å²) < 4.78 is 35.8. The van der Waals surface area contributed by atoms with E-state index < -0.39 is 28.8 Å². The normalized spacial score (nSPS) is 22.7. The third-order valence-corrected chi connectivity index (χ3v) is 8.05. The Kier molecular flexibility index (Phi) is 11.0. The molecule has 0 amide bonds. The van der Waals surface area contributed by atoms with Crippen LogP contribution in [0.15, 0.2) is 48.5 Å². The monoisotopic (exact) mass is 596 g/mol. The molecule has 0 atom stereocenters. The molecule has 0 aliphatic carbocycles. The van der Waals surface area contributed by atoms with Crippen molar-refractivity contribution in [1.29, 1.82) is 0 Å². The smallest absolute Gasteiger partial charge is 0.306 e. The molecule has 0 unspecified atom stereocenters. The van der Waals surface area contributed by atoms with E-state index in [1.807, 2.05) is 77.9 Å². The molecule has 2 saturated heterocycles. The summed E-state index contributed by atoms with van der Waals surface area (Å²) in [6.07, 6.45) is 0.913. The van der Waals surface area contributed by atoms with Gasteiger partial charge < -0.3 is 28.4 Å². The largest absolute Gasteiger partial charge is 0.465 e. The second-order valence-corrected chi connectivity index (χ2v) is 13.7. The zero-order valence-corrected chi connectivity index (χ0v) is 26.6. The molecule has 4 rings (SSSR count). The minimum absolute atomic E-state index is 0.199. The van der Waals surface area contributed by atoms with Gasteiger partial charge in [0.1, 0.15) is 13.2 Å². The van der Waals surface area contributed by atoms with Crippen LogP contribution in [0, 0.1) is 30.1 Å². The Morgan fingerprint density at radius 1 is 0.698 bits per heavy atom. The molecule has 0 N–H and O–H groups in total. The lowest BCUT2D eigenvalue weighted by Crippen LogP contribution is -2.57. The van der Waals surface area contributed by atoms with E-state index in [1.54, 1.807) is 0 Å². The summed E-state index contributed by atoms with van der Waals surface area (Å²) in [6, 6.07) is 16.3. The van der Waals surface area contributed by atoms with Gasteiger partial charge in [0, 0.05) is 23.7 Å². The number of esters is 2. The lowest BCUT2D eigenvalue weighted by atomic mass is 9.86. The molecule has 1 spiro atoms. The van der Waals surface area contributed by atoms with Crippen molar-refractivity contribution in [3.8, 4) is 0 Å². The Balaban J connectivity index is 1.15. The van der Waals surface area contributed by atoms with Crippen molar-refractivity contribution in [2.45, 2.75) is 79.8 Å². The van der Waals surface area contributed by atoms with Crippen molar-refractivity contribution in [2.24, 2.45) is 16.2 Å². The summed E-state index contributed by atoms with van der Waals surface area (Å²) in [4.78, 5) is 24.8. The molecule has 2 aliphatic rings. The van der Waals surface area contributed by atoms with E-state index >= 15 is 0 Å². The van der Waals surface area contributed by atoms with E-state index in [0.29, 0.717) is 52.1 Å². The highest BCUT2D eigenvalue weighted by Gasteiger charge is 2.48. The van der Waals surface area contributed by atoms with Crippen molar-refractivity contribution in [2.75, 3.05) is 39.6 Å². The van der Waals surface area contributed by atoms with Crippen LogP contribution in [0.4, 0.5) is 0 Å². The maximum absolute atomic E-state index is 12.4. The molecule has 8 heteroatoms. The van der Waals surface area contributed by atoms with Crippen LogP contribution in [-0.2, 0) is 50.9 Å². The van der Waals surface area contributed by atoms with E-state index in [0.717, 1.165) is 11.1 Å². The summed E-state index contributed by atoms with van der Waals surface area (Å²) in [5, 5.41) is 0. The van der Waals surface area contributed by atoms with Gasteiger partial charge in [-0.05, 0) is 37.8 Å². The van der Waals surface area contributed by atoms with Crippen molar-refractivity contribution in [3.05, 3.63) is 70.8 Å². The molecule has 2 aromatic rings. The quantitative estimate of drug-likeness (QED) is 0.287. The number of ether oxygens (including phenoxy) is 6. The van der Waals surface area contributed by atoms with Crippen LogP contribution in [0.1, 0.15) is 62.8 Å². The number of benzene rings is 2. The molecule has 43 heavy (non-hydrogen) atoms. The van der Waals surface area contributed by atoms with Gasteiger partial charge in [-0.25, -0.2) is 0 Å². The van der Waals surface area contributed by atoms with Gasteiger partial charge in [0.15, 0.2) is 12.6 Å². The van der Waals surface area contributed by atoms with Gasteiger partial charge in [-0.1, -0.05) is 87.4 Å². The third kappa shape index (κ3) is 9.60. The van der Waals surface area contributed by atoms with Crippen molar-refractivity contribution < 1.29 is 38.0 Å². The summed E-state index contributed by atoms with van der Waals surface area (Å²) >= 11 is 0. The van der Waals surface area contributed by atoms with Crippen LogP contribution in [0.5, 0.6) is 0 Å². The zero-order valence-electron chi connectivity index (χ0n) is 26.6. The van der Waals surface area contributed by atoms with Gasteiger partial charge in [-0.3, -0.25) is 9.59 Å². The predicted octanol–water partition coefficient (Wildman–Crippen LogP) is 5.74. The highest BCUT2D eigenvalue weighted by Crippen LogP contribution is 2.38. The number of aryl methyl sites for hydroxylation is 4. The summed E-state index contributed by atoms with van der Waals surface area (Å²) in [7, 11) is 0. The first-order valence-corrected chi connectivity index (χ1v) is 15.2. The van der Waals surface area contributed by atoms with Crippen LogP contribution in [0.2, 0.25) is 0 Å². The molecular formula is C35H48O8. The van der Waals surface area contributed by atoms with E-state index in [2.05, 4.69) is 12.1 Å². The fourth-order valence-corrected chi connectivity index (χ4v) is 5.30. The number of hydrogen-bond donors (Lipinski definition) is 0. The zero-order chi connectivity index (χ0) is 31.1. The molecule has 0 saturated carbocycles. The Bertz CT molecular complexity index is 1120. The van der Waals surface area contributed by atoms with E-state index in [1.165, 1.54) is 11.1 Å². The van der Waals surface area contributed by atoms with Gasteiger partial charge in [-0.2, -0.15) is 0 Å². The highest BCUT2D eigenvalue weighted by molar-refractivity contribution is 5.70. The minimum Gasteiger partial charge on any atom is -0.465 e. The van der Waals surface area contributed by atoms with E-state index in [4.69, 9.17) is 28.4 Å². The summed E-state index contributed by atoms with van der Waals surface area (Å²) in [5.41, 5.74) is 3.13. The second-order valence-electron chi connectivity index (χ2n) is 13.7. The molecule has 0 aromatic heterocycles. The van der Waals surface area contributed by atoms with Gasteiger partial charge >= 0.3 is 11.9 Å². The predicted molar refractivity (Wildman–Crippen MR) is 162 cm³/mol. The number of hydrogen-bond acceptors (Lipinski definition) is 8. The SMILES string of the molecule is Cc1cccc(CCC(=O)OCC(C)(C)C2OCC3(CO2)COC(C(C)(C)COC(=O)CCc2cccc(C)c2)OC3)c1. The standard InChI is InChI=1S/C35H48O8/c1-25-9-7-11-27(17-25)13-15-29(36)38-19-33(3,4)31-40-21-35(22-41-31)23-42-32(43-24-35)34(5,6)20-39-30(37)16-14-28-12-8-10-26(2)18-28/h7-12,17-18,31-32H,13-16,19-24H2,1-6H3. The molecule has 2 aromatic carbocycles. The maximum atomic E-state index is 12.4. The van der Waals surface area contributed by atoms with Crippen LogP contribution < -0.4 is 0 Å². The molecule has 0 bridgehead atoms. The molecule has 2 heterocycles. The first-order chi connectivity index (χ1) is 20.4. The van der Waals surface area contributed by atoms with E-state index in [9.17, 15) is 9.59 Å². The number of rotatable bonds is 12. The lowest BCUT2D eigenvalue weighted by molar-refractivity contribution is -0.337. The Hall–Kier alpha value is -2.78. The minimum atomic E-state index is -0.523. The Morgan fingerprint density at radius 2 is 1.07 bits per heavy atom. The van der Waals surface area contributed by atoms with Crippen LogP contribution >= 0.6 is 0 Å². The topological polar surface area (TPSA) is 89.5 Å². The van der Waals surface area contributed by atoms with Gasteiger partial charge in [0.2, 0.25) is 0 Å². The summed E-state index contributed by atoms with van der Waals surface area (Å²) in [6.45, 7) is 14.0. The fourth-order valence-electron chi connectivity index (χ4n) is 5.30. The first kappa shape index (κ1) is 33.1. The van der Waals surface area contributed by atoms with Crippen LogP contribution in [-0.4, -0.2) is 64.2 Å². The molecule has 8 nitrogen and oxygen atoms in total. The summed E-state index contributed by atoms with van der Waals surface area (Å²) in [5.74, 6) is -0.469. The highest BCUT2D eigenvalue weighted by atomic mass is 16.7. The average molecular weight is 597 g/mol.